The van der Waals surface area contributed by atoms with Gasteiger partial charge < -0.3 is 19.1 Å². The van der Waals surface area contributed by atoms with Crippen molar-refractivity contribution in [3.05, 3.63) is 66.2 Å². The zero-order chi connectivity index (χ0) is 21.6. The van der Waals surface area contributed by atoms with Crippen molar-refractivity contribution in [3.8, 4) is 0 Å². The van der Waals surface area contributed by atoms with Crippen LogP contribution in [0.25, 0.3) is 0 Å². The molecule has 30 heavy (non-hydrogen) atoms. The predicted molar refractivity (Wildman–Crippen MR) is 114 cm³/mol. The molecule has 2 atom stereocenters. The Balaban J connectivity index is 2.26. The zero-order valence-electron chi connectivity index (χ0n) is 17.7. The lowest BCUT2D eigenvalue weighted by molar-refractivity contribution is -0.170. The minimum atomic E-state index is -1.73. The van der Waals surface area contributed by atoms with E-state index in [2.05, 4.69) is 0 Å². The fourth-order valence-electron chi connectivity index (χ4n) is 4.23. The summed E-state index contributed by atoms with van der Waals surface area (Å²) in [6.07, 6.45) is -0.268. The van der Waals surface area contributed by atoms with Crippen LogP contribution in [0.1, 0.15) is 38.8 Å². The van der Waals surface area contributed by atoms with E-state index in [0.29, 0.717) is 13.0 Å². The molecule has 160 valence electrons. The van der Waals surface area contributed by atoms with Crippen LogP contribution in [-0.4, -0.2) is 43.4 Å². The van der Waals surface area contributed by atoms with Gasteiger partial charge in [-0.05, 0) is 38.5 Å². The summed E-state index contributed by atoms with van der Waals surface area (Å²) in [5, 5.41) is 0. The summed E-state index contributed by atoms with van der Waals surface area (Å²) in [6, 6.07) is 19.0. The summed E-state index contributed by atoms with van der Waals surface area (Å²) < 4.78 is 16.9. The molecule has 0 aliphatic carbocycles. The van der Waals surface area contributed by atoms with Crippen LogP contribution in [0, 0.1) is 0 Å². The van der Waals surface area contributed by atoms with Crippen LogP contribution < -0.4 is 4.90 Å². The Morgan fingerprint density at radius 2 is 1.40 bits per heavy atom. The third-order valence-electron chi connectivity index (χ3n) is 5.35. The standard InChI is InChI=1S/C24H29NO5/c1-4-28-21-17-20(18-13-9-7-10-14-18)25(19-15-11-8-12-16-19)24(21,22(26)29-5-2)23(27)30-6-3/h7-16,20-21H,4-6,17H2,1-3H3/t20-,21+/m0/s1. The van der Waals surface area contributed by atoms with Crippen molar-refractivity contribution in [2.45, 2.75) is 44.9 Å². The first-order chi connectivity index (χ1) is 14.6. The molecule has 0 spiro atoms. The van der Waals surface area contributed by atoms with Crippen LogP contribution in [0.4, 0.5) is 5.69 Å². The highest BCUT2D eigenvalue weighted by Gasteiger charge is 2.66. The number of ether oxygens (including phenoxy) is 3. The minimum Gasteiger partial charge on any atom is -0.464 e. The molecule has 2 aromatic carbocycles. The molecule has 0 bridgehead atoms. The summed E-state index contributed by atoms with van der Waals surface area (Å²) in [5.74, 6) is -1.30. The number of benzene rings is 2. The molecule has 0 aromatic heterocycles. The van der Waals surface area contributed by atoms with Crippen LogP contribution in [0.2, 0.25) is 0 Å². The summed E-state index contributed by atoms with van der Waals surface area (Å²) in [6.45, 7) is 5.96. The second-order valence-electron chi connectivity index (χ2n) is 7.02. The van der Waals surface area contributed by atoms with Gasteiger partial charge in [-0.2, -0.15) is 0 Å². The van der Waals surface area contributed by atoms with E-state index in [-0.39, 0.29) is 19.3 Å². The number of carbonyl (C=O) groups is 2. The zero-order valence-corrected chi connectivity index (χ0v) is 17.7. The van der Waals surface area contributed by atoms with E-state index >= 15 is 0 Å². The normalized spacial score (nSPS) is 20.0. The Kier molecular flexibility index (Phi) is 7.11. The Morgan fingerprint density at radius 1 is 0.867 bits per heavy atom. The van der Waals surface area contributed by atoms with E-state index in [1.165, 1.54) is 0 Å². The van der Waals surface area contributed by atoms with Gasteiger partial charge in [-0.3, -0.25) is 0 Å². The lowest BCUT2D eigenvalue weighted by atomic mass is 9.92. The largest absolute Gasteiger partial charge is 0.464 e. The van der Waals surface area contributed by atoms with Crippen molar-refractivity contribution in [3.63, 3.8) is 0 Å². The summed E-state index contributed by atoms with van der Waals surface area (Å²) >= 11 is 0. The van der Waals surface area contributed by atoms with Crippen molar-refractivity contribution in [1.29, 1.82) is 0 Å². The molecule has 1 aliphatic rings. The molecule has 0 N–H and O–H groups in total. The van der Waals surface area contributed by atoms with Gasteiger partial charge in [0.05, 0.1) is 19.3 Å². The number of nitrogens with zero attached hydrogens (tertiary/aromatic N) is 1. The van der Waals surface area contributed by atoms with Crippen LogP contribution in [0.3, 0.4) is 0 Å². The Labute approximate surface area is 177 Å². The first kappa shape index (κ1) is 21.8. The van der Waals surface area contributed by atoms with Crippen molar-refractivity contribution in [1.82, 2.24) is 0 Å². The molecule has 3 rings (SSSR count). The number of hydrogen-bond donors (Lipinski definition) is 0. The molecule has 0 amide bonds. The topological polar surface area (TPSA) is 65.1 Å². The van der Waals surface area contributed by atoms with Crippen LogP contribution in [0.5, 0.6) is 0 Å². The lowest BCUT2D eigenvalue weighted by Gasteiger charge is -2.40. The van der Waals surface area contributed by atoms with Gasteiger partial charge in [0.2, 0.25) is 0 Å². The van der Waals surface area contributed by atoms with Gasteiger partial charge in [0.25, 0.3) is 5.54 Å². The van der Waals surface area contributed by atoms with Crippen molar-refractivity contribution < 1.29 is 23.8 Å². The molecule has 1 aliphatic heterocycles. The summed E-state index contributed by atoms with van der Waals surface area (Å²) in [7, 11) is 0. The van der Waals surface area contributed by atoms with Crippen molar-refractivity contribution in [2.24, 2.45) is 0 Å². The van der Waals surface area contributed by atoms with Crippen LogP contribution >= 0.6 is 0 Å². The Hall–Kier alpha value is -2.86. The third-order valence-corrected chi connectivity index (χ3v) is 5.35. The highest BCUT2D eigenvalue weighted by molar-refractivity contribution is 6.10. The predicted octanol–water partition coefficient (Wildman–Crippen LogP) is 3.91. The van der Waals surface area contributed by atoms with Gasteiger partial charge in [-0.1, -0.05) is 48.5 Å². The first-order valence-corrected chi connectivity index (χ1v) is 10.5. The van der Waals surface area contributed by atoms with Gasteiger partial charge in [-0.25, -0.2) is 9.59 Å². The fraction of sp³-hybridized carbons (Fsp3) is 0.417. The molecule has 1 heterocycles. The Morgan fingerprint density at radius 3 is 1.90 bits per heavy atom. The van der Waals surface area contributed by atoms with Crippen LogP contribution in [-0.2, 0) is 23.8 Å². The number of esters is 2. The average Bonchev–Trinajstić information content (AvgIpc) is 3.11. The highest BCUT2D eigenvalue weighted by Crippen LogP contribution is 2.48. The number of hydrogen-bond acceptors (Lipinski definition) is 6. The van der Waals surface area contributed by atoms with E-state index in [4.69, 9.17) is 14.2 Å². The van der Waals surface area contributed by atoms with Gasteiger partial charge in [0.1, 0.15) is 6.10 Å². The van der Waals surface area contributed by atoms with E-state index in [1.807, 2.05) is 72.5 Å². The molecule has 6 nitrogen and oxygen atoms in total. The maximum absolute atomic E-state index is 13.5. The average molecular weight is 411 g/mol. The van der Waals surface area contributed by atoms with Crippen molar-refractivity contribution >= 4 is 17.6 Å². The Bertz CT molecular complexity index is 821. The second-order valence-corrected chi connectivity index (χ2v) is 7.02. The van der Waals surface area contributed by atoms with E-state index < -0.39 is 23.6 Å². The number of anilines is 1. The molecule has 2 aromatic rings. The number of carbonyl (C=O) groups excluding carboxylic acids is 2. The maximum Gasteiger partial charge on any atom is 0.346 e. The molecule has 0 unspecified atom stereocenters. The quantitative estimate of drug-likeness (QED) is 0.485. The van der Waals surface area contributed by atoms with Gasteiger partial charge in [0, 0.05) is 18.7 Å². The van der Waals surface area contributed by atoms with Crippen LogP contribution in [0.15, 0.2) is 60.7 Å². The first-order valence-electron chi connectivity index (χ1n) is 10.5. The number of rotatable bonds is 8. The number of para-hydroxylation sites is 1. The molecule has 1 saturated heterocycles. The minimum absolute atomic E-state index is 0.150. The smallest absolute Gasteiger partial charge is 0.346 e. The van der Waals surface area contributed by atoms with E-state index in [0.717, 1.165) is 11.3 Å². The summed E-state index contributed by atoms with van der Waals surface area (Å²) in [5.41, 5.74) is -0.0136. The van der Waals surface area contributed by atoms with Gasteiger partial charge >= 0.3 is 11.9 Å². The molecule has 0 radical (unpaired) electrons. The van der Waals surface area contributed by atoms with Crippen molar-refractivity contribution in [2.75, 3.05) is 24.7 Å². The fourth-order valence-corrected chi connectivity index (χ4v) is 4.23. The summed E-state index contributed by atoms with van der Waals surface area (Å²) in [4.78, 5) is 28.8. The van der Waals surface area contributed by atoms with E-state index in [1.54, 1.807) is 13.8 Å². The molecule has 0 saturated carbocycles. The van der Waals surface area contributed by atoms with Gasteiger partial charge in [-0.15, -0.1) is 0 Å². The SMILES string of the molecule is CCOC(=O)C1(C(=O)OCC)[C@H](OCC)C[C@@H](c2ccccc2)N1c1ccccc1. The lowest BCUT2D eigenvalue weighted by Crippen LogP contribution is -2.64. The monoisotopic (exact) mass is 411 g/mol. The van der Waals surface area contributed by atoms with Gasteiger partial charge in [0.15, 0.2) is 0 Å². The maximum atomic E-state index is 13.5. The molecule has 6 heteroatoms. The molecular weight excluding hydrogens is 382 g/mol. The highest BCUT2D eigenvalue weighted by atomic mass is 16.6. The second kappa shape index (κ2) is 9.76. The molecule has 1 fully saturated rings. The molecular formula is C24H29NO5. The third kappa shape index (κ3) is 3.79. The van der Waals surface area contributed by atoms with E-state index in [9.17, 15) is 9.59 Å².